The Morgan fingerprint density at radius 2 is 2.00 bits per heavy atom. The lowest BCUT2D eigenvalue weighted by molar-refractivity contribution is 0.0109. The van der Waals surface area contributed by atoms with E-state index in [1.165, 1.54) is 16.4 Å². The van der Waals surface area contributed by atoms with Crippen molar-refractivity contribution < 1.29 is 22.7 Å². The number of nitrogens with one attached hydrogen (secondary N) is 1. The van der Waals surface area contributed by atoms with Gasteiger partial charge >= 0.3 is 0 Å². The number of ether oxygens (including phenoxy) is 1. The number of fused-ring (bicyclic) bond motifs is 1. The van der Waals surface area contributed by atoms with Gasteiger partial charge in [-0.05, 0) is 35.9 Å². The van der Waals surface area contributed by atoms with Crippen molar-refractivity contribution in [3.05, 3.63) is 54.5 Å². The number of aliphatic hydroxyl groups excluding tert-OH is 1. The summed E-state index contributed by atoms with van der Waals surface area (Å²) in [7, 11) is -3.72. The molecule has 0 aliphatic carbocycles. The van der Waals surface area contributed by atoms with Crippen LogP contribution >= 0.6 is 0 Å². The highest BCUT2D eigenvalue weighted by molar-refractivity contribution is 7.89. The van der Waals surface area contributed by atoms with Crippen LogP contribution in [0.3, 0.4) is 0 Å². The van der Waals surface area contributed by atoms with Crippen molar-refractivity contribution in [3.63, 3.8) is 0 Å². The standard InChI is InChI=1S/C19H19FN2O4S/c20-14-3-6-17-18(10-21-19(17)9-14)13-1-4-16(5-2-13)27(24,25)22-7-8-26-12-15(22)11-23/h1-6,9-10,15,21,23H,7-8,11-12H2/t15-/m1/s1. The van der Waals surface area contributed by atoms with E-state index in [9.17, 15) is 17.9 Å². The Labute approximate surface area is 156 Å². The van der Waals surface area contributed by atoms with Gasteiger partial charge in [0.25, 0.3) is 0 Å². The predicted molar refractivity (Wildman–Crippen MR) is 99.3 cm³/mol. The Hall–Kier alpha value is -2.26. The van der Waals surface area contributed by atoms with E-state index in [0.29, 0.717) is 12.1 Å². The first-order valence-corrected chi connectivity index (χ1v) is 10.0. The van der Waals surface area contributed by atoms with Gasteiger partial charge in [0.2, 0.25) is 10.0 Å². The lowest BCUT2D eigenvalue weighted by Gasteiger charge is -2.33. The van der Waals surface area contributed by atoms with Gasteiger partial charge in [-0.2, -0.15) is 4.31 Å². The summed E-state index contributed by atoms with van der Waals surface area (Å²) in [6.45, 7) is 0.409. The number of aromatic nitrogens is 1. The summed E-state index contributed by atoms with van der Waals surface area (Å²) in [6.07, 6.45) is 1.78. The third-order valence-corrected chi connectivity index (χ3v) is 6.77. The highest BCUT2D eigenvalue weighted by Crippen LogP contribution is 2.30. The number of morpholine rings is 1. The maximum absolute atomic E-state index is 13.4. The highest BCUT2D eigenvalue weighted by atomic mass is 32.2. The van der Waals surface area contributed by atoms with Gasteiger partial charge < -0.3 is 14.8 Å². The minimum Gasteiger partial charge on any atom is -0.395 e. The molecule has 3 aromatic rings. The Bertz CT molecular complexity index is 1060. The van der Waals surface area contributed by atoms with Crippen LogP contribution in [-0.2, 0) is 14.8 Å². The second-order valence-electron chi connectivity index (χ2n) is 6.44. The van der Waals surface area contributed by atoms with E-state index in [1.54, 1.807) is 36.5 Å². The fraction of sp³-hybridized carbons (Fsp3) is 0.263. The molecule has 1 saturated heterocycles. The van der Waals surface area contributed by atoms with Gasteiger partial charge in [0.1, 0.15) is 5.82 Å². The minimum atomic E-state index is -3.72. The summed E-state index contributed by atoms with van der Waals surface area (Å²) < 4.78 is 45.7. The lowest BCUT2D eigenvalue weighted by atomic mass is 10.1. The van der Waals surface area contributed by atoms with E-state index in [1.807, 2.05) is 0 Å². The molecule has 1 fully saturated rings. The smallest absolute Gasteiger partial charge is 0.243 e. The molecule has 1 aliphatic rings. The summed E-state index contributed by atoms with van der Waals surface area (Å²) in [4.78, 5) is 3.19. The molecular formula is C19H19FN2O4S. The molecule has 0 unspecified atom stereocenters. The number of aliphatic hydroxyl groups is 1. The molecule has 0 saturated carbocycles. The SMILES string of the molecule is O=S(=O)(c1ccc(-c2c[nH]c3cc(F)ccc23)cc1)N1CCOC[C@H]1CO. The number of benzene rings is 2. The average Bonchev–Trinajstić information content (AvgIpc) is 3.11. The molecule has 1 atom stereocenters. The first-order chi connectivity index (χ1) is 13.0. The maximum Gasteiger partial charge on any atom is 0.243 e. The van der Waals surface area contributed by atoms with Gasteiger partial charge in [0, 0.05) is 29.2 Å². The van der Waals surface area contributed by atoms with E-state index in [-0.39, 0.29) is 30.5 Å². The zero-order valence-electron chi connectivity index (χ0n) is 14.4. The number of halogens is 1. The molecule has 4 rings (SSSR count). The molecule has 1 aliphatic heterocycles. The number of nitrogens with zero attached hydrogens (tertiary/aromatic N) is 1. The van der Waals surface area contributed by atoms with Crippen molar-refractivity contribution in [2.45, 2.75) is 10.9 Å². The summed E-state index contributed by atoms with van der Waals surface area (Å²) in [5.41, 5.74) is 2.38. The van der Waals surface area contributed by atoms with Crippen LogP contribution in [0.15, 0.2) is 53.6 Å². The molecule has 2 heterocycles. The zero-order valence-corrected chi connectivity index (χ0v) is 15.2. The molecule has 0 radical (unpaired) electrons. The van der Waals surface area contributed by atoms with Crippen molar-refractivity contribution in [2.75, 3.05) is 26.4 Å². The number of rotatable bonds is 4. The normalized spacial score (nSPS) is 18.8. The Kier molecular flexibility index (Phi) is 4.73. The van der Waals surface area contributed by atoms with E-state index >= 15 is 0 Å². The molecule has 142 valence electrons. The summed E-state index contributed by atoms with van der Waals surface area (Å²) in [6, 6.07) is 10.5. The number of sulfonamides is 1. The van der Waals surface area contributed by atoms with Crippen molar-refractivity contribution >= 4 is 20.9 Å². The second kappa shape index (κ2) is 7.05. The third-order valence-electron chi connectivity index (χ3n) is 4.80. The molecule has 2 aromatic carbocycles. The van der Waals surface area contributed by atoms with E-state index in [0.717, 1.165) is 16.5 Å². The maximum atomic E-state index is 13.4. The summed E-state index contributed by atoms with van der Waals surface area (Å²) in [5.74, 6) is -0.318. The van der Waals surface area contributed by atoms with Gasteiger partial charge in [0.15, 0.2) is 0 Å². The third kappa shape index (κ3) is 3.25. The Morgan fingerprint density at radius 3 is 2.74 bits per heavy atom. The molecule has 0 spiro atoms. The van der Waals surface area contributed by atoms with E-state index in [2.05, 4.69) is 4.98 Å². The molecule has 2 N–H and O–H groups in total. The largest absolute Gasteiger partial charge is 0.395 e. The van der Waals surface area contributed by atoms with Crippen LogP contribution in [0, 0.1) is 5.82 Å². The van der Waals surface area contributed by atoms with Crippen molar-refractivity contribution in [2.24, 2.45) is 0 Å². The molecule has 27 heavy (non-hydrogen) atoms. The van der Waals surface area contributed by atoms with Gasteiger partial charge in [-0.1, -0.05) is 12.1 Å². The number of aromatic amines is 1. The molecule has 0 bridgehead atoms. The fourth-order valence-corrected chi connectivity index (χ4v) is 4.96. The first kappa shape index (κ1) is 18.1. The first-order valence-electron chi connectivity index (χ1n) is 8.58. The lowest BCUT2D eigenvalue weighted by Crippen LogP contribution is -2.50. The number of hydrogen-bond acceptors (Lipinski definition) is 4. The Morgan fingerprint density at radius 1 is 1.22 bits per heavy atom. The van der Waals surface area contributed by atoms with Gasteiger partial charge in [-0.3, -0.25) is 0 Å². The molecule has 6 nitrogen and oxygen atoms in total. The van der Waals surface area contributed by atoms with Gasteiger partial charge in [-0.25, -0.2) is 12.8 Å². The number of hydrogen-bond donors (Lipinski definition) is 2. The summed E-state index contributed by atoms with van der Waals surface area (Å²) >= 11 is 0. The topological polar surface area (TPSA) is 82.6 Å². The van der Waals surface area contributed by atoms with Crippen molar-refractivity contribution in [3.8, 4) is 11.1 Å². The predicted octanol–water partition coefficient (Wildman–Crippen LogP) is 2.36. The van der Waals surface area contributed by atoms with Crippen LogP contribution in [-0.4, -0.2) is 55.2 Å². The average molecular weight is 390 g/mol. The molecule has 0 amide bonds. The summed E-state index contributed by atoms with van der Waals surface area (Å²) in [5, 5.41) is 10.3. The molecule has 8 heteroatoms. The second-order valence-corrected chi connectivity index (χ2v) is 8.33. The molecular weight excluding hydrogens is 371 g/mol. The van der Waals surface area contributed by atoms with E-state index in [4.69, 9.17) is 4.74 Å². The van der Waals surface area contributed by atoms with Gasteiger partial charge in [-0.15, -0.1) is 0 Å². The van der Waals surface area contributed by atoms with Crippen LogP contribution < -0.4 is 0 Å². The van der Waals surface area contributed by atoms with Crippen LogP contribution in [0.1, 0.15) is 0 Å². The van der Waals surface area contributed by atoms with Crippen molar-refractivity contribution in [1.29, 1.82) is 0 Å². The monoisotopic (exact) mass is 390 g/mol. The quantitative estimate of drug-likeness (QED) is 0.717. The van der Waals surface area contributed by atoms with Gasteiger partial charge in [0.05, 0.1) is 30.8 Å². The fourth-order valence-electron chi connectivity index (χ4n) is 3.38. The molecule has 1 aromatic heterocycles. The van der Waals surface area contributed by atoms with Crippen molar-refractivity contribution in [1.82, 2.24) is 9.29 Å². The minimum absolute atomic E-state index is 0.164. The van der Waals surface area contributed by atoms with E-state index < -0.39 is 16.1 Å². The van der Waals surface area contributed by atoms with Crippen LogP contribution in [0.4, 0.5) is 4.39 Å². The Balaban J connectivity index is 1.67. The number of H-pyrrole nitrogens is 1. The van der Waals surface area contributed by atoms with Crippen LogP contribution in [0.2, 0.25) is 0 Å². The van der Waals surface area contributed by atoms with Crippen LogP contribution in [0.5, 0.6) is 0 Å². The van der Waals surface area contributed by atoms with Crippen LogP contribution in [0.25, 0.3) is 22.0 Å². The highest BCUT2D eigenvalue weighted by Gasteiger charge is 2.33. The zero-order chi connectivity index (χ0) is 19.0.